The summed E-state index contributed by atoms with van der Waals surface area (Å²) in [5, 5.41) is 14.1. The predicted molar refractivity (Wildman–Crippen MR) is 67.3 cm³/mol. The monoisotopic (exact) mass is 228 g/mol. The van der Waals surface area contributed by atoms with Gasteiger partial charge in [-0.25, -0.2) is 0 Å². The van der Waals surface area contributed by atoms with Crippen molar-refractivity contribution >= 4 is 32.2 Å². The summed E-state index contributed by atoms with van der Waals surface area (Å²) in [5.74, 6) is 0.189. The van der Waals surface area contributed by atoms with E-state index in [1.165, 1.54) is 11.3 Å². The Morgan fingerprint density at radius 1 is 1.06 bits per heavy atom. The van der Waals surface area contributed by atoms with Gasteiger partial charge in [-0.1, -0.05) is 24.3 Å². The molecule has 3 aromatic rings. The van der Waals surface area contributed by atoms with Crippen LogP contribution in [0.1, 0.15) is 0 Å². The first-order chi connectivity index (χ1) is 7.77. The Morgan fingerprint density at radius 3 is 2.75 bits per heavy atom. The molecule has 0 fully saturated rings. The van der Waals surface area contributed by atoms with Crippen molar-refractivity contribution in [1.82, 2.24) is 0 Å². The average molecular weight is 228 g/mol. The number of aromatic hydroxyl groups is 1. The molecular formula is C13H8O2S. The Labute approximate surface area is 95.4 Å². The van der Waals surface area contributed by atoms with Crippen LogP contribution < -0.4 is 5.43 Å². The molecule has 0 atom stereocenters. The molecule has 2 nitrogen and oxygen atoms in total. The second-order valence-corrected chi connectivity index (χ2v) is 4.52. The molecule has 16 heavy (non-hydrogen) atoms. The van der Waals surface area contributed by atoms with Crippen molar-refractivity contribution in [2.45, 2.75) is 0 Å². The van der Waals surface area contributed by atoms with Gasteiger partial charge in [-0.2, -0.15) is 0 Å². The maximum Gasteiger partial charge on any atom is 0.197 e. The predicted octanol–water partition coefficient (Wildman–Crippen LogP) is 3.12. The lowest BCUT2D eigenvalue weighted by atomic mass is 10.1. The molecule has 0 radical (unpaired) electrons. The lowest BCUT2D eigenvalue weighted by Crippen LogP contribution is -1.91. The summed E-state index contributed by atoms with van der Waals surface area (Å²) in [6.45, 7) is 0. The fourth-order valence-electron chi connectivity index (χ4n) is 1.88. The molecule has 3 heteroatoms. The topological polar surface area (TPSA) is 37.3 Å². The van der Waals surface area contributed by atoms with Gasteiger partial charge in [0.25, 0.3) is 0 Å². The van der Waals surface area contributed by atoms with Gasteiger partial charge in [0.1, 0.15) is 5.75 Å². The largest absolute Gasteiger partial charge is 0.507 e. The average Bonchev–Trinajstić information content (AvgIpc) is 2.74. The lowest BCUT2D eigenvalue weighted by Gasteiger charge is -1.94. The van der Waals surface area contributed by atoms with E-state index in [-0.39, 0.29) is 11.2 Å². The zero-order valence-electron chi connectivity index (χ0n) is 8.31. The van der Waals surface area contributed by atoms with Crippen LogP contribution in [0.5, 0.6) is 5.75 Å². The Hall–Kier alpha value is -1.87. The van der Waals surface area contributed by atoms with Crippen LogP contribution in [0, 0.1) is 0 Å². The van der Waals surface area contributed by atoms with E-state index < -0.39 is 0 Å². The molecule has 78 valence electrons. The van der Waals surface area contributed by atoms with Gasteiger partial charge in [0.05, 0.1) is 4.70 Å². The Bertz CT molecular complexity index is 744. The first-order valence-electron chi connectivity index (χ1n) is 4.89. The summed E-state index contributed by atoms with van der Waals surface area (Å²) in [6, 6.07) is 10.7. The minimum Gasteiger partial charge on any atom is -0.507 e. The summed E-state index contributed by atoms with van der Waals surface area (Å²) in [5.41, 5.74) is -0.0403. The molecule has 0 aliphatic heterocycles. The van der Waals surface area contributed by atoms with Crippen LogP contribution in [0.3, 0.4) is 0 Å². The molecule has 0 saturated heterocycles. The van der Waals surface area contributed by atoms with Crippen LogP contribution in [0.25, 0.3) is 20.9 Å². The molecule has 0 bridgehead atoms. The van der Waals surface area contributed by atoms with Gasteiger partial charge >= 0.3 is 0 Å². The van der Waals surface area contributed by atoms with E-state index in [0.29, 0.717) is 15.5 Å². The van der Waals surface area contributed by atoms with Gasteiger partial charge in [0, 0.05) is 10.8 Å². The van der Waals surface area contributed by atoms with Crippen molar-refractivity contribution in [1.29, 1.82) is 0 Å². The fraction of sp³-hybridized carbons (Fsp3) is 0. The number of benzene rings is 1. The highest BCUT2D eigenvalue weighted by atomic mass is 32.1. The SMILES string of the molecule is O=c1cc2ccccc2c(O)c2ccsc12. The smallest absolute Gasteiger partial charge is 0.197 e. The highest BCUT2D eigenvalue weighted by Gasteiger charge is 2.07. The standard InChI is InChI=1S/C13H8O2S/c14-11-7-8-3-1-2-4-9(8)12(15)10-5-6-16-13(10)11/h1-7,15H. The third-order valence-electron chi connectivity index (χ3n) is 2.65. The van der Waals surface area contributed by atoms with E-state index in [0.717, 1.165) is 5.39 Å². The molecule has 3 rings (SSSR count). The quantitative estimate of drug-likeness (QED) is 0.642. The number of hydrogen-bond acceptors (Lipinski definition) is 3. The normalized spacial score (nSPS) is 11.0. The first kappa shape index (κ1) is 9.36. The van der Waals surface area contributed by atoms with Crippen LogP contribution in [0.15, 0.2) is 46.6 Å². The molecule has 0 aliphatic rings. The van der Waals surface area contributed by atoms with Gasteiger partial charge < -0.3 is 5.11 Å². The van der Waals surface area contributed by atoms with Crippen LogP contribution in [-0.2, 0) is 0 Å². The van der Waals surface area contributed by atoms with Crippen molar-refractivity contribution in [3.63, 3.8) is 0 Å². The third-order valence-corrected chi connectivity index (χ3v) is 3.58. The third kappa shape index (κ3) is 1.22. The van der Waals surface area contributed by atoms with E-state index in [4.69, 9.17) is 0 Å². The maximum absolute atomic E-state index is 11.9. The molecular weight excluding hydrogens is 220 g/mol. The molecule has 1 aromatic heterocycles. The second-order valence-electron chi connectivity index (χ2n) is 3.61. The van der Waals surface area contributed by atoms with Gasteiger partial charge in [0.15, 0.2) is 5.43 Å². The van der Waals surface area contributed by atoms with Gasteiger partial charge in [-0.3, -0.25) is 4.79 Å². The van der Waals surface area contributed by atoms with Crippen LogP contribution in [0.4, 0.5) is 0 Å². The number of thiophene rings is 1. The van der Waals surface area contributed by atoms with Crippen LogP contribution >= 0.6 is 11.3 Å². The van der Waals surface area contributed by atoms with Crippen LogP contribution in [0.2, 0.25) is 0 Å². The van der Waals surface area contributed by atoms with Gasteiger partial charge in [-0.05, 0) is 22.9 Å². The van der Waals surface area contributed by atoms with E-state index >= 15 is 0 Å². The minimum absolute atomic E-state index is 0.0403. The Balaban J connectivity index is 2.74. The molecule has 1 heterocycles. The van der Waals surface area contributed by atoms with Crippen molar-refractivity contribution < 1.29 is 5.11 Å². The van der Waals surface area contributed by atoms with Crippen LogP contribution in [-0.4, -0.2) is 5.11 Å². The van der Waals surface area contributed by atoms with Crippen molar-refractivity contribution in [3.05, 3.63) is 52.0 Å². The summed E-state index contributed by atoms with van der Waals surface area (Å²) in [4.78, 5) is 11.9. The van der Waals surface area contributed by atoms with E-state index in [9.17, 15) is 9.90 Å². The maximum atomic E-state index is 11.9. The minimum atomic E-state index is -0.0403. The molecule has 1 N–H and O–H groups in total. The van der Waals surface area contributed by atoms with Crippen molar-refractivity contribution in [2.24, 2.45) is 0 Å². The lowest BCUT2D eigenvalue weighted by molar-refractivity contribution is 0.488. The molecule has 0 saturated carbocycles. The molecule has 0 unspecified atom stereocenters. The Kier molecular flexibility index (Phi) is 1.94. The molecule has 0 spiro atoms. The Morgan fingerprint density at radius 2 is 1.88 bits per heavy atom. The summed E-state index contributed by atoms with van der Waals surface area (Å²) >= 11 is 1.36. The highest BCUT2D eigenvalue weighted by molar-refractivity contribution is 7.17. The van der Waals surface area contributed by atoms with Crippen molar-refractivity contribution in [3.8, 4) is 5.75 Å². The van der Waals surface area contributed by atoms with Gasteiger partial charge in [0.2, 0.25) is 0 Å². The van der Waals surface area contributed by atoms with Gasteiger partial charge in [-0.15, -0.1) is 11.3 Å². The first-order valence-corrected chi connectivity index (χ1v) is 5.77. The number of fused-ring (bicyclic) bond motifs is 2. The highest BCUT2D eigenvalue weighted by Crippen LogP contribution is 2.31. The summed E-state index contributed by atoms with van der Waals surface area (Å²) < 4.78 is 0.605. The number of hydrogen-bond donors (Lipinski definition) is 1. The number of rotatable bonds is 0. The van der Waals surface area contributed by atoms with Crippen molar-refractivity contribution in [2.75, 3.05) is 0 Å². The molecule has 2 aromatic carbocycles. The molecule has 0 amide bonds. The zero-order chi connectivity index (χ0) is 11.1. The van der Waals surface area contributed by atoms with E-state index in [1.807, 2.05) is 29.6 Å². The van der Waals surface area contributed by atoms with E-state index in [2.05, 4.69) is 0 Å². The molecule has 0 aliphatic carbocycles. The summed E-state index contributed by atoms with van der Waals surface area (Å²) in [6.07, 6.45) is 0. The van der Waals surface area contributed by atoms with E-state index in [1.54, 1.807) is 12.1 Å². The zero-order valence-corrected chi connectivity index (χ0v) is 9.12. The second kappa shape index (κ2) is 3.32. The summed E-state index contributed by atoms with van der Waals surface area (Å²) in [7, 11) is 0. The fourth-order valence-corrected chi connectivity index (χ4v) is 2.68.